The molecule has 1 N–H and O–H groups in total. The number of rotatable bonds is 5. The fraction of sp³-hybridized carbons (Fsp3) is 0.562. The summed E-state index contributed by atoms with van der Waals surface area (Å²) in [6, 6.07) is 6.11. The number of carbonyl (C=O) groups excluding carboxylic acids is 1. The lowest BCUT2D eigenvalue weighted by molar-refractivity contribution is 0.184. The Bertz CT molecular complexity index is 477. The number of ether oxygens (including phenoxy) is 2. The number of hydrogen-bond acceptors (Lipinski definition) is 3. The van der Waals surface area contributed by atoms with Crippen molar-refractivity contribution in [1.82, 2.24) is 10.2 Å². The number of methoxy groups -OCH3 is 2. The Balaban J connectivity index is 1.95. The second-order valence-corrected chi connectivity index (χ2v) is 5.24. The largest absolute Gasteiger partial charge is 0.497 e. The van der Waals surface area contributed by atoms with Crippen LogP contribution in [0.3, 0.4) is 0 Å². The number of hydrogen-bond donors (Lipinski definition) is 1. The normalized spacial score (nSPS) is 14.3. The van der Waals surface area contributed by atoms with E-state index in [1.165, 1.54) is 11.1 Å². The number of benzene rings is 1. The molecule has 1 aliphatic heterocycles. The summed E-state index contributed by atoms with van der Waals surface area (Å²) in [5.74, 6) is 0.881. The van der Waals surface area contributed by atoms with E-state index in [1.807, 2.05) is 11.0 Å². The minimum atomic E-state index is 0.00905. The SMILES string of the molecule is COCCCNC(=O)N1CCCc2cc(OC)ccc2C1. The summed E-state index contributed by atoms with van der Waals surface area (Å²) < 4.78 is 10.2. The molecular weight excluding hydrogens is 268 g/mol. The summed E-state index contributed by atoms with van der Waals surface area (Å²) in [5, 5.41) is 2.95. The third-order valence-electron chi connectivity index (χ3n) is 3.74. The summed E-state index contributed by atoms with van der Waals surface area (Å²) in [7, 11) is 3.35. The highest BCUT2D eigenvalue weighted by Gasteiger charge is 2.18. The standard InChI is InChI=1S/C16H24N2O3/c1-20-10-4-8-17-16(19)18-9-3-5-13-11-15(21-2)7-6-14(13)12-18/h6-7,11H,3-5,8-10,12H2,1-2H3,(H,17,19). The molecule has 1 aromatic rings. The van der Waals surface area contributed by atoms with E-state index in [1.54, 1.807) is 14.2 Å². The van der Waals surface area contributed by atoms with Gasteiger partial charge in [-0.25, -0.2) is 4.79 Å². The third-order valence-corrected chi connectivity index (χ3v) is 3.74. The minimum absolute atomic E-state index is 0.00905. The van der Waals surface area contributed by atoms with Crippen molar-refractivity contribution < 1.29 is 14.3 Å². The molecule has 5 nitrogen and oxygen atoms in total. The van der Waals surface area contributed by atoms with Gasteiger partial charge in [0.15, 0.2) is 0 Å². The number of nitrogens with zero attached hydrogens (tertiary/aromatic N) is 1. The molecule has 1 aromatic carbocycles. The maximum absolute atomic E-state index is 12.2. The van der Waals surface area contributed by atoms with Crippen LogP contribution in [0.5, 0.6) is 5.75 Å². The zero-order chi connectivity index (χ0) is 15.1. The summed E-state index contributed by atoms with van der Waals surface area (Å²) >= 11 is 0. The van der Waals surface area contributed by atoms with Crippen LogP contribution in [0.4, 0.5) is 4.79 Å². The topological polar surface area (TPSA) is 50.8 Å². The number of amides is 2. The average Bonchev–Trinajstić information content (AvgIpc) is 2.72. The first-order chi connectivity index (χ1) is 10.2. The molecule has 0 aliphatic carbocycles. The van der Waals surface area contributed by atoms with Crippen molar-refractivity contribution in [3.63, 3.8) is 0 Å². The quantitative estimate of drug-likeness (QED) is 0.846. The van der Waals surface area contributed by atoms with E-state index in [0.717, 1.165) is 31.6 Å². The first-order valence-corrected chi connectivity index (χ1v) is 7.42. The highest BCUT2D eigenvalue weighted by atomic mass is 16.5. The van der Waals surface area contributed by atoms with Crippen molar-refractivity contribution in [1.29, 1.82) is 0 Å². The van der Waals surface area contributed by atoms with Gasteiger partial charge in [-0.1, -0.05) is 6.07 Å². The summed E-state index contributed by atoms with van der Waals surface area (Å²) in [6.45, 7) is 2.77. The van der Waals surface area contributed by atoms with Gasteiger partial charge in [0.25, 0.3) is 0 Å². The molecular formula is C16H24N2O3. The van der Waals surface area contributed by atoms with Crippen molar-refractivity contribution in [3.8, 4) is 5.75 Å². The van der Waals surface area contributed by atoms with Crippen LogP contribution in [0.2, 0.25) is 0 Å². The molecule has 0 saturated carbocycles. The van der Waals surface area contributed by atoms with Gasteiger partial charge in [-0.3, -0.25) is 0 Å². The van der Waals surface area contributed by atoms with Gasteiger partial charge >= 0.3 is 6.03 Å². The Labute approximate surface area is 126 Å². The molecule has 116 valence electrons. The van der Waals surface area contributed by atoms with Crippen molar-refractivity contribution >= 4 is 6.03 Å². The van der Waals surface area contributed by atoms with E-state index in [4.69, 9.17) is 9.47 Å². The average molecular weight is 292 g/mol. The summed E-state index contributed by atoms with van der Waals surface area (Å²) in [5.41, 5.74) is 2.49. The van der Waals surface area contributed by atoms with Crippen LogP contribution in [-0.4, -0.2) is 44.8 Å². The molecule has 0 fully saturated rings. The molecule has 1 heterocycles. The van der Waals surface area contributed by atoms with Gasteiger partial charge in [0, 0.05) is 33.4 Å². The van der Waals surface area contributed by atoms with E-state index in [-0.39, 0.29) is 6.03 Å². The number of carbonyl (C=O) groups is 1. The Morgan fingerprint density at radius 3 is 2.95 bits per heavy atom. The van der Waals surface area contributed by atoms with Crippen LogP contribution in [0.1, 0.15) is 24.0 Å². The van der Waals surface area contributed by atoms with E-state index in [2.05, 4.69) is 17.4 Å². The lowest BCUT2D eigenvalue weighted by atomic mass is 10.0. The fourth-order valence-electron chi connectivity index (χ4n) is 2.56. The number of nitrogens with one attached hydrogen (secondary N) is 1. The zero-order valence-corrected chi connectivity index (χ0v) is 12.9. The van der Waals surface area contributed by atoms with Gasteiger partial charge < -0.3 is 19.7 Å². The first kappa shape index (κ1) is 15.6. The Kier molecular flexibility index (Phi) is 5.87. The maximum Gasteiger partial charge on any atom is 0.317 e. The second-order valence-electron chi connectivity index (χ2n) is 5.24. The van der Waals surface area contributed by atoms with E-state index < -0.39 is 0 Å². The van der Waals surface area contributed by atoms with Crippen LogP contribution in [0.15, 0.2) is 18.2 Å². The van der Waals surface area contributed by atoms with Crippen molar-refractivity contribution in [3.05, 3.63) is 29.3 Å². The first-order valence-electron chi connectivity index (χ1n) is 7.42. The summed E-state index contributed by atoms with van der Waals surface area (Å²) in [4.78, 5) is 14.1. The molecule has 2 rings (SSSR count). The molecule has 0 radical (unpaired) electrons. The van der Waals surface area contributed by atoms with Crippen LogP contribution >= 0.6 is 0 Å². The lowest BCUT2D eigenvalue weighted by Crippen LogP contribution is -2.40. The summed E-state index contributed by atoms with van der Waals surface area (Å²) in [6.07, 6.45) is 2.80. The molecule has 21 heavy (non-hydrogen) atoms. The minimum Gasteiger partial charge on any atom is -0.497 e. The van der Waals surface area contributed by atoms with E-state index in [9.17, 15) is 4.79 Å². The molecule has 0 bridgehead atoms. The van der Waals surface area contributed by atoms with Crippen LogP contribution in [0, 0.1) is 0 Å². The van der Waals surface area contributed by atoms with Gasteiger partial charge in [-0.2, -0.15) is 0 Å². The van der Waals surface area contributed by atoms with Crippen molar-refractivity contribution in [2.45, 2.75) is 25.8 Å². The molecule has 0 saturated heterocycles. The second kappa shape index (κ2) is 7.88. The molecule has 1 aliphatic rings. The van der Waals surface area contributed by atoms with Gasteiger partial charge in [-0.15, -0.1) is 0 Å². The van der Waals surface area contributed by atoms with Gasteiger partial charge in [0.2, 0.25) is 0 Å². The van der Waals surface area contributed by atoms with Gasteiger partial charge in [0.05, 0.1) is 7.11 Å². The predicted octanol–water partition coefficient (Wildman–Crippen LogP) is 2.19. The molecule has 0 unspecified atom stereocenters. The van der Waals surface area contributed by atoms with Crippen molar-refractivity contribution in [2.75, 3.05) is 33.9 Å². The van der Waals surface area contributed by atoms with Gasteiger partial charge in [0.1, 0.15) is 5.75 Å². The highest BCUT2D eigenvalue weighted by Crippen LogP contribution is 2.23. The molecule has 0 spiro atoms. The van der Waals surface area contributed by atoms with E-state index >= 15 is 0 Å². The predicted molar refractivity (Wildman–Crippen MR) is 81.6 cm³/mol. The Hall–Kier alpha value is -1.75. The number of aryl methyl sites for hydroxylation is 1. The number of fused-ring (bicyclic) bond motifs is 1. The molecule has 2 amide bonds. The van der Waals surface area contributed by atoms with Gasteiger partial charge in [-0.05, 0) is 42.5 Å². The molecule has 0 atom stereocenters. The smallest absolute Gasteiger partial charge is 0.317 e. The van der Waals surface area contributed by atoms with Crippen LogP contribution in [-0.2, 0) is 17.7 Å². The van der Waals surface area contributed by atoms with Crippen molar-refractivity contribution in [2.24, 2.45) is 0 Å². The maximum atomic E-state index is 12.2. The van der Waals surface area contributed by atoms with Crippen LogP contribution < -0.4 is 10.1 Å². The number of urea groups is 1. The molecule has 5 heteroatoms. The monoisotopic (exact) mass is 292 g/mol. The Morgan fingerprint density at radius 2 is 2.19 bits per heavy atom. The van der Waals surface area contributed by atoms with E-state index in [0.29, 0.717) is 19.7 Å². The lowest BCUT2D eigenvalue weighted by Gasteiger charge is -2.21. The molecule has 0 aromatic heterocycles. The Morgan fingerprint density at radius 1 is 1.33 bits per heavy atom. The zero-order valence-electron chi connectivity index (χ0n) is 12.9. The highest BCUT2D eigenvalue weighted by molar-refractivity contribution is 5.74. The third kappa shape index (κ3) is 4.36. The van der Waals surface area contributed by atoms with Crippen LogP contribution in [0.25, 0.3) is 0 Å². The fourth-order valence-corrected chi connectivity index (χ4v) is 2.56.